The van der Waals surface area contributed by atoms with Crippen LogP contribution in [-0.2, 0) is 18.9 Å². The molecule has 2 aliphatic rings. The number of fused-ring (bicyclic) bond motifs is 4. The summed E-state index contributed by atoms with van der Waals surface area (Å²) in [7, 11) is 3.04. The second-order valence-corrected chi connectivity index (χ2v) is 8.81. The van der Waals surface area contributed by atoms with Crippen LogP contribution in [0.5, 0.6) is 0 Å². The van der Waals surface area contributed by atoms with Gasteiger partial charge in [0.2, 0.25) is 0 Å². The number of carboxylic acid groups (broad SMARTS) is 1. The molecule has 1 aliphatic carbocycles. The lowest BCUT2D eigenvalue weighted by molar-refractivity contribution is -0.135. The van der Waals surface area contributed by atoms with E-state index in [1.807, 2.05) is 48.5 Å². The summed E-state index contributed by atoms with van der Waals surface area (Å²) in [6.45, 7) is 0. The number of carbonyl (C=O) groups is 1. The van der Waals surface area contributed by atoms with Crippen molar-refractivity contribution >= 4 is 39.0 Å². The SMILES string of the molecule is Cn1c2c(c(=O)n(C)c1=O)C(c1ccc(Br)cc1)C1=C(CC(=O)O)c3ccccc3C1=N2. The number of nitrogens with zero attached hydrogens (tertiary/aromatic N) is 3. The van der Waals surface area contributed by atoms with Crippen LogP contribution in [-0.4, -0.2) is 25.9 Å². The van der Waals surface area contributed by atoms with Crippen molar-refractivity contribution < 1.29 is 9.90 Å². The molecule has 1 aliphatic heterocycles. The lowest BCUT2D eigenvalue weighted by atomic mass is 9.80. The number of halogens is 1. The maximum absolute atomic E-state index is 13.4. The van der Waals surface area contributed by atoms with Crippen molar-refractivity contribution in [2.75, 3.05) is 0 Å². The Hall–Kier alpha value is -3.52. The van der Waals surface area contributed by atoms with Gasteiger partial charge in [-0.3, -0.25) is 18.7 Å². The van der Waals surface area contributed by atoms with E-state index < -0.39 is 23.1 Å². The number of aliphatic carboxylic acids is 1. The van der Waals surface area contributed by atoms with E-state index in [0.717, 1.165) is 25.7 Å². The van der Waals surface area contributed by atoms with Crippen LogP contribution in [0.4, 0.5) is 5.82 Å². The molecule has 5 rings (SSSR count). The number of aliphatic imine (C=N–C) groups is 1. The number of carboxylic acids is 1. The highest BCUT2D eigenvalue weighted by molar-refractivity contribution is 9.10. The monoisotopic (exact) mass is 491 g/mol. The highest BCUT2D eigenvalue weighted by Crippen LogP contribution is 2.49. The largest absolute Gasteiger partial charge is 0.481 e. The molecule has 1 atom stereocenters. The van der Waals surface area contributed by atoms with Crippen LogP contribution in [0.2, 0.25) is 0 Å². The number of allylic oxidation sites excluding steroid dienone is 1. The zero-order valence-corrected chi connectivity index (χ0v) is 18.9. The third-order valence-electron chi connectivity index (χ3n) is 6.08. The molecule has 0 amide bonds. The molecule has 0 fully saturated rings. The summed E-state index contributed by atoms with van der Waals surface area (Å²) in [5.74, 6) is -1.22. The highest BCUT2D eigenvalue weighted by Gasteiger charge is 2.41. The Balaban J connectivity index is 1.95. The quantitative estimate of drug-likeness (QED) is 0.607. The van der Waals surface area contributed by atoms with Gasteiger partial charge in [0.15, 0.2) is 0 Å². The summed E-state index contributed by atoms with van der Waals surface area (Å²) in [6, 6.07) is 15.1. The minimum Gasteiger partial charge on any atom is -0.481 e. The number of aromatic nitrogens is 2. The van der Waals surface area contributed by atoms with Gasteiger partial charge < -0.3 is 5.11 Å². The Bertz CT molecular complexity index is 1490. The Morgan fingerprint density at radius 1 is 1.03 bits per heavy atom. The highest BCUT2D eigenvalue weighted by atomic mass is 79.9. The molecule has 1 unspecified atom stereocenters. The Labute approximate surface area is 191 Å². The van der Waals surface area contributed by atoms with Crippen molar-refractivity contribution in [3.05, 3.63) is 102 Å². The number of hydrogen-bond donors (Lipinski definition) is 1. The molecule has 32 heavy (non-hydrogen) atoms. The molecular weight excluding hydrogens is 474 g/mol. The molecule has 160 valence electrons. The molecule has 0 saturated carbocycles. The Morgan fingerprint density at radius 3 is 2.34 bits per heavy atom. The molecule has 0 radical (unpaired) electrons. The van der Waals surface area contributed by atoms with Crippen molar-refractivity contribution in [1.82, 2.24) is 9.13 Å². The minimum atomic E-state index is -0.961. The maximum Gasteiger partial charge on any atom is 0.332 e. The van der Waals surface area contributed by atoms with E-state index in [4.69, 9.17) is 4.99 Å². The van der Waals surface area contributed by atoms with Gasteiger partial charge >= 0.3 is 11.7 Å². The van der Waals surface area contributed by atoms with Gasteiger partial charge in [0.25, 0.3) is 5.56 Å². The van der Waals surface area contributed by atoms with Gasteiger partial charge in [0.05, 0.1) is 17.7 Å². The molecule has 7 nitrogen and oxygen atoms in total. The van der Waals surface area contributed by atoms with Crippen LogP contribution in [0.15, 0.2) is 73.2 Å². The van der Waals surface area contributed by atoms with Gasteiger partial charge in [-0.25, -0.2) is 9.79 Å². The second-order valence-electron chi connectivity index (χ2n) is 7.90. The van der Waals surface area contributed by atoms with E-state index in [1.165, 1.54) is 11.6 Å². The maximum atomic E-state index is 13.4. The van der Waals surface area contributed by atoms with E-state index in [-0.39, 0.29) is 6.42 Å². The minimum absolute atomic E-state index is 0.195. The van der Waals surface area contributed by atoms with Gasteiger partial charge in [0.1, 0.15) is 5.82 Å². The molecule has 0 saturated heterocycles. The smallest absolute Gasteiger partial charge is 0.332 e. The molecule has 0 spiro atoms. The summed E-state index contributed by atoms with van der Waals surface area (Å²) < 4.78 is 3.34. The molecule has 1 aromatic heterocycles. The molecule has 8 heteroatoms. The normalized spacial score (nSPS) is 16.3. The lowest BCUT2D eigenvalue weighted by Gasteiger charge is -2.28. The molecule has 1 N–H and O–H groups in total. The van der Waals surface area contributed by atoms with Crippen molar-refractivity contribution in [2.24, 2.45) is 19.1 Å². The summed E-state index contributed by atoms with van der Waals surface area (Å²) >= 11 is 3.45. The van der Waals surface area contributed by atoms with Crippen LogP contribution in [0.3, 0.4) is 0 Å². The van der Waals surface area contributed by atoms with E-state index in [2.05, 4.69) is 15.9 Å². The number of benzene rings is 2. The fourth-order valence-electron chi connectivity index (χ4n) is 4.65. The van der Waals surface area contributed by atoms with Crippen LogP contribution < -0.4 is 11.2 Å². The first-order valence-electron chi connectivity index (χ1n) is 9.98. The molecule has 2 aromatic carbocycles. The van der Waals surface area contributed by atoms with E-state index >= 15 is 0 Å². The average molecular weight is 492 g/mol. The van der Waals surface area contributed by atoms with Crippen LogP contribution in [0.25, 0.3) is 5.57 Å². The van der Waals surface area contributed by atoms with E-state index in [0.29, 0.717) is 28.2 Å². The second kappa shape index (κ2) is 7.27. The van der Waals surface area contributed by atoms with Crippen LogP contribution in [0.1, 0.15) is 34.6 Å². The average Bonchev–Trinajstić information content (AvgIpc) is 3.08. The zero-order chi connectivity index (χ0) is 22.7. The fraction of sp³-hybridized carbons (Fsp3) is 0.167. The molecule has 3 aromatic rings. The summed E-state index contributed by atoms with van der Waals surface area (Å²) in [5.41, 5.74) is 3.85. The third-order valence-corrected chi connectivity index (χ3v) is 6.61. The first-order chi connectivity index (χ1) is 15.3. The van der Waals surface area contributed by atoms with Gasteiger partial charge in [-0.05, 0) is 34.4 Å². The zero-order valence-electron chi connectivity index (χ0n) is 17.3. The summed E-state index contributed by atoms with van der Waals surface area (Å²) in [4.78, 5) is 42.6. The Kier molecular flexibility index (Phi) is 4.63. The summed E-state index contributed by atoms with van der Waals surface area (Å²) in [6.07, 6.45) is -0.195. The van der Waals surface area contributed by atoms with Crippen molar-refractivity contribution in [3.8, 4) is 0 Å². The standard InChI is InChI=1S/C24H18BrN3O4/c1-27-22-20(23(31)28(2)24(27)32)18(12-7-9-13(25)10-8-12)19-16(11-17(29)30)14-5-3-4-6-15(14)21(19)26-22/h3-10,18H,11H2,1-2H3,(H,29,30). The van der Waals surface area contributed by atoms with Gasteiger partial charge in [-0.15, -0.1) is 0 Å². The fourth-order valence-corrected chi connectivity index (χ4v) is 4.91. The van der Waals surface area contributed by atoms with Gasteiger partial charge in [-0.1, -0.05) is 52.3 Å². The van der Waals surface area contributed by atoms with Crippen molar-refractivity contribution in [2.45, 2.75) is 12.3 Å². The summed E-state index contributed by atoms with van der Waals surface area (Å²) in [5, 5.41) is 9.67. The lowest BCUT2D eigenvalue weighted by Crippen LogP contribution is -2.41. The predicted octanol–water partition coefficient (Wildman–Crippen LogP) is 3.35. The van der Waals surface area contributed by atoms with Gasteiger partial charge in [-0.2, -0.15) is 0 Å². The predicted molar refractivity (Wildman–Crippen MR) is 125 cm³/mol. The molecule has 0 bridgehead atoms. The van der Waals surface area contributed by atoms with Crippen LogP contribution in [0, 0.1) is 0 Å². The number of rotatable bonds is 3. The first kappa shape index (κ1) is 20.4. The van der Waals surface area contributed by atoms with Crippen molar-refractivity contribution in [1.29, 1.82) is 0 Å². The van der Waals surface area contributed by atoms with Crippen molar-refractivity contribution in [3.63, 3.8) is 0 Å². The first-order valence-corrected chi connectivity index (χ1v) is 10.8. The molecular formula is C24H18BrN3O4. The molecule has 2 heterocycles. The van der Waals surface area contributed by atoms with Crippen LogP contribution >= 0.6 is 15.9 Å². The Morgan fingerprint density at radius 2 is 1.69 bits per heavy atom. The third kappa shape index (κ3) is 2.86. The van der Waals surface area contributed by atoms with Gasteiger partial charge in [0, 0.05) is 30.0 Å². The number of hydrogen-bond acceptors (Lipinski definition) is 4. The topological polar surface area (TPSA) is 93.7 Å². The van der Waals surface area contributed by atoms with E-state index in [9.17, 15) is 19.5 Å². The van der Waals surface area contributed by atoms with E-state index in [1.54, 1.807) is 7.05 Å².